The number of aliphatic imine (C=N–C) groups is 1. The fraction of sp³-hybridized carbons (Fsp3) is 0.727. The maximum absolute atomic E-state index is 6.00. The van der Waals surface area contributed by atoms with Gasteiger partial charge in [-0.1, -0.05) is 12.8 Å². The van der Waals surface area contributed by atoms with Crippen LogP contribution in [0.15, 0.2) is 11.3 Å². The highest BCUT2D eigenvalue weighted by atomic mass is 15.3. The zero-order valence-corrected chi connectivity index (χ0v) is 10.3. The van der Waals surface area contributed by atoms with Crippen LogP contribution in [0.4, 0.5) is 0 Å². The number of rotatable bonds is 2. The smallest absolute Gasteiger partial charge is 0.191 e. The Morgan fingerprint density at radius 2 is 2.06 bits per heavy atom. The first-order valence-corrected chi connectivity index (χ1v) is 6.15. The minimum absolute atomic E-state index is 0.499. The van der Waals surface area contributed by atoms with Gasteiger partial charge in [0, 0.05) is 20.1 Å². The van der Waals surface area contributed by atoms with Gasteiger partial charge in [-0.05, 0) is 12.8 Å². The predicted molar refractivity (Wildman–Crippen MR) is 66.4 cm³/mol. The summed E-state index contributed by atoms with van der Waals surface area (Å²) >= 11 is 0. The van der Waals surface area contributed by atoms with Gasteiger partial charge in [-0.25, -0.2) is 4.99 Å². The summed E-state index contributed by atoms with van der Waals surface area (Å²) in [7, 11) is 1.91. The van der Waals surface area contributed by atoms with E-state index in [0.717, 1.165) is 18.9 Å². The van der Waals surface area contributed by atoms with Crippen molar-refractivity contribution in [3.63, 3.8) is 0 Å². The van der Waals surface area contributed by atoms with Crippen molar-refractivity contribution in [2.75, 3.05) is 13.1 Å². The second-order valence-electron chi connectivity index (χ2n) is 4.43. The fourth-order valence-electron chi connectivity index (χ4n) is 2.00. The third-order valence-corrected chi connectivity index (χ3v) is 3.12. The molecule has 0 spiro atoms. The molecule has 2 N–H and O–H groups in total. The molecule has 1 aromatic heterocycles. The topological polar surface area (TPSA) is 72.3 Å². The third-order valence-electron chi connectivity index (χ3n) is 3.12. The molecule has 6 heteroatoms. The summed E-state index contributed by atoms with van der Waals surface area (Å²) in [5.41, 5.74) is 6.00. The Balaban J connectivity index is 1.94. The van der Waals surface area contributed by atoms with E-state index in [2.05, 4.69) is 20.1 Å². The Morgan fingerprint density at radius 3 is 2.65 bits per heavy atom. The molecule has 2 rings (SSSR count). The second kappa shape index (κ2) is 5.65. The first-order valence-electron chi connectivity index (χ1n) is 6.15. The van der Waals surface area contributed by atoms with Crippen molar-refractivity contribution in [3.05, 3.63) is 12.2 Å². The molecule has 0 saturated carbocycles. The molecule has 1 aliphatic heterocycles. The summed E-state index contributed by atoms with van der Waals surface area (Å²) in [6, 6.07) is 0. The third kappa shape index (κ3) is 3.18. The molecule has 1 saturated heterocycles. The van der Waals surface area contributed by atoms with Crippen LogP contribution < -0.4 is 5.73 Å². The highest BCUT2D eigenvalue weighted by Crippen LogP contribution is 2.09. The van der Waals surface area contributed by atoms with E-state index in [0.29, 0.717) is 12.5 Å². The summed E-state index contributed by atoms with van der Waals surface area (Å²) in [4.78, 5) is 6.56. The van der Waals surface area contributed by atoms with Gasteiger partial charge in [-0.3, -0.25) is 0 Å². The Hall–Kier alpha value is -1.59. The normalized spacial score (nSPS) is 18.2. The van der Waals surface area contributed by atoms with E-state index in [-0.39, 0.29) is 0 Å². The van der Waals surface area contributed by atoms with Crippen LogP contribution in [0, 0.1) is 0 Å². The van der Waals surface area contributed by atoms with Crippen LogP contribution in [0.3, 0.4) is 0 Å². The number of nitrogens with two attached hydrogens (primary N) is 1. The van der Waals surface area contributed by atoms with Gasteiger partial charge in [-0.2, -0.15) is 0 Å². The van der Waals surface area contributed by atoms with Crippen LogP contribution in [0.25, 0.3) is 0 Å². The number of hydrogen-bond acceptors (Lipinski definition) is 3. The molecule has 0 aromatic carbocycles. The molecule has 1 aliphatic rings. The predicted octanol–water partition coefficient (Wildman–Crippen LogP) is 0.506. The van der Waals surface area contributed by atoms with Gasteiger partial charge in [0.15, 0.2) is 11.8 Å². The highest BCUT2D eigenvalue weighted by molar-refractivity contribution is 5.78. The number of aryl methyl sites for hydroxylation is 1. The summed E-state index contributed by atoms with van der Waals surface area (Å²) in [6.45, 7) is 2.54. The molecule has 2 heterocycles. The van der Waals surface area contributed by atoms with Crippen molar-refractivity contribution in [2.45, 2.75) is 32.2 Å². The Labute approximate surface area is 102 Å². The molecule has 0 atom stereocenters. The summed E-state index contributed by atoms with van der Waals surface area (Å²) in [5.74, 6) is 1.47. The number of hydrogen-bond donors (Lipinski definition) is 1. The lowest BCUT2D eigenvalue weighted by atomic mass is 10.2. The average Bonchev–Trinajstić information content (AvgIpc) is 2.58. The Bertz CT molecular complexity index is 375. The van der Waals surface area contributed by atoms with Crippen molar-refractivity contribution in [3.8, 4) is 0 Å². The van der Waals surface area contributed by atoms with Crippen molar-refractivity contribution < 1.29 is 0 Å². The van der Waals surface area contributed by atoms with Gasteiger partial charge in [0.2, 0.25) is 0 Å². The van der Waals surface area contributed by atoms with E-state index in [9.17, 15) is 0 Å². The van der Waals surface area contributed by atoms with Gasteiger partial charge < -0.3 is 15.2 Å². The van der Waals surface area contributed by atoms with Crippen LogP contribution in [-0.2, 0) is 13.6 Å². The molecular weight excluding hydrogens is 216 g/mol. The SMILES string of the molecule is Cn1cnnc1CN=C(N)N1CCCCCC1. The van der Waals surface area contributed by atoms with Crippen LogP contribution in [-0.4, -0.2) is 38.7 Å². The monoisotopic (exact) mass is 236 g/mol. The molecular formula is C11H20N6. The molecule has 94 valence electrons. The van der Waals surface area contributed by atoms with Crippen LogP contribution in [0.5, 0.6) is 0 Å². The van der Waals surface area contributed by atoms with Gasteiger partial charge >= 0.3 is 0 Å². The maximum Gasteiger partial charge on any atom is 0.191 e. The Morgan fingerprint density at radius 1 is 1.35 bits per heavy atom. The quantitative estimate of drug-likeness (QED) is 0.599. The summed E-state index contributed by atoms with van der Waals surface area (Å²) in [6.07, 6.45) is 6.69. The number of guanidine groups is 1. The largest absolute Gasteiger partial charge is 0.370 e. The standard InChI is InChI=1S/C11H20N6/c1-16-9-14-15-10(16)8-13-11(12)17-6-4-2-3-5-7-17/h9H,2-8H2,1H3,(H2,12,13). The van der Waals surface area contributed by atoms with E-state index in [1.165, 1.54) is 25.7 Å². The molecule has 0 bridgehead atoms. The molecule has 0 unspecified atom stereocenters. The summed E-state index contributed by atoms with van der Waals surface area (Å²) in [5, 5.41) is 7.80. The van der Waals surface area contributed by atoms with Crippen molar-refractivity contribution in [1.82, 2.24) is 19.7 Å². The lowest BCUT2D eigenvalue weighted by molar-refractivity contribution is 0.428. The van der Waals surface area contributed by atoms with Crippen LogP contribution >= 0.6 is 0 Å². The zero-order valence-electron chi connectivity index (χ0n) is 10.3. The van der Waals surface area contributed by atoms with E-state index in [1.807, 2.05) is 11.6 Å². The van der Waals surface area contributed by atoms with Crippen LogP contribution in [0.1, 0.15) is 31.5 Å². The van der Waals surface area contributed by atoms with Gasteiger partial charge in [-0.15, -0.1) is 10.2 Å². The summed E-state index contributed by atoms with van der Waals surface area (Å²) < 4.78 is 1.86. The minimum Gasteiger partial charge on any atom is -0.370 e. The lowest BCUT2D eigenvalue weighted by Crippen LogP contribution is -2.38. The molecule has 17 heavy (non-hydrogen) atoms. The highest BCUT2D eigenvalue weighted by Gasteiger charge is 2.11. The molecule has 6 nitrogen and oxygen atoms in total. The molecule has 0 aliphatic carbocycles. The second-order valence-corrected chi connectivity index (χ2v) is 4.43. The first kappa shape index (κ1) is 11.9. The van der Waals surface area contributed by atoms with Gasteiger partial charge in [0.25, 0.3) is 0 Å². The number of likely N-dealkylation sites (tertiary alicyclic amines) is 1. The molecule has 1 aromatic rings. The average molecular weight is 236 g/mol. The Kier molecular flexibility index (Phi) is 3.95. The van der Waals surface area contributed by atoms with Crippen molar-refractivity contribution in [1.29, 1.82) is 0 Å². The molecule has 0 amide bonds. The van der Waals surface area contributed by atoms with Crippen molar-refractivity contribution >= 4 is 5.96 Å². The fourth-order valence-corrected chi connectivity index (χ4v) is 2.00. The molecule has 1 fully saturated rings. The van der Waals surface area contributed by atoms with E-state index in [4.69, 9.17) is 5.73 Å². The van der Waals surface area contributed by atoms with E-state index >= 15 is 0 Å². The number of aromatic nitrogens is 3. The lowest BCUT2D eigenvalue weighted by Gasteiger charge is -2.20. The zero-order chi connectivity index (χ0) is 12.1. The van der Waals surface area contributed by atoms with E-state index in [1.54, 1.807) is 6.33 Å². The van der Waals surface area contributed by atoms with E-state index < -0.39 is 0 Å². The van der Waals surface area contributed by atoms with Gasteiger partial charge in [0.1, 0.15) is 12.9 Å². The van der Waals surface area contributed by atoms with Gasteiger partial charge in [0.05, 0.1) is 0 Å². The van der Waals surface area contributed by atoms with Crippen molar-refractivity contribution in [2.24, 2.45) is 17.8 Å². The molecule has 0 radical (unpaired) electrons. The van der Waals surface area contributed by atoms with Crippen LogP contribution in [0.2, 0.25) is 0 Å². The maximum atomic E-state index is 6.00. The minimum atomic E-state index is 0.499. The number of nitrogens with zero attached hydrogens (tertiary/aromatic N) is 5. The first-order chi connectivity index (χ1) is 8.27.